The van der Waals surface area contributed by atoms with Gasteiger partial charge in [0, 0.05) is 33.3 Å². The number of rotatable bonds is 6. The Morgan fingerprint density at radius 1 is 1.18 bits per heavy atom. The lowest BCUT2D eigenvalue weighted by molar-refractivity contribution is -0.121. The minimum Gasteiger partial charge on any atom is -0.361 e. The van der Waals surface area contributed by atoms with Crippen molar-refractivity contribution in [3.63, 3.8) is 0 Å². The Kier molecular flexibility index (Phi) is 4.59. The average molecular weight is 312 g/mol. The SMILES string of the molecule is CCc1ccc(CNC(=O)CCc2c[nH]c3ccccc23)s1. The van der Waals surface area contributed by atoms with Crippen LogP contribution in [0.25, 0.3) is 10.9 Å². The maximum atomic E-state index is 12.0. The lowest BCUT2D eigenvalue weighted by Gasteiger charge is -2.03. The van der Waals surface area contributed by atoms with E-state index in [-0.39, 0.29) is 5.91 Å². The van der Waals surface area contributed by atoms with Gasteiger partial charge in [-0.05, 0) is 36.6 Å². The van der Waals surface area contributed by atoms with Crippen molar-refractivity contribution in [2.75, 3.05) is 0 Å². The van der Waals surface area contributed by atoms with Crippen LogP contribution < -0.4 is 5.32 Å². The third-order valence-electron chi connectivity index (χ3n) is 3.82. The first-order chi connectivity index (χ1) is 10.8. The summed E-state index contributed by atoms with van der Waals surface area (Å²) >= 11 is 1.77. The number of hydrogen-bond acceptors (Lipinski definition) is 2. The molecule has 2 heterocycles. The van der Waals surface area contributed by atoms with Crippen LogP contribution in [-0.2, 0) is 24.2 Å². The number of H-pyrrole nitrogens is 1. The monoisotopic (exact) mass is 312 g/mol. The van der Waals surface area contributed by atoms with Crippen molar-refractivity contribution in [3.8, 4) is 0 Å². The molecule has 3 aromatic rings. The number of nitrogens with one attached hydrogen (secondary N) is 2. The first-order valence-electron chi connectivity index (χ1n) is 7.65. The molecule has 4 heteroatoms. The number of thiophene rings is 1. The van der Waals surface area contributed by atoms with Gasteiger partial charge in [-0.2, -0.15) is 0 Å². The number of benzene rings is 1. The van der Waals surface area contributed by atoms with Crippen LogP contribution in [0.15, 0.2) is 42.6 Å². The predicted octanol–water partition coefficient (Wildman–Crippen LogP) is 4.04. The van der Waals surface area contributed by atoms with Gasteiger partial charge < -0.3 is 10.3 Å². The Balaban J connectivity index is 1.52. The molecule has 0 aliphatic rings. The molecule has 3 nitrogen and oxygen atoms in total. The number of carbonyl (C=O) groups is 1. The van der Waals surface area contributed by atoms with E-state index < -0.39 is 0 Å². The van der Waals surface area contributed by atoms with Gasteiger partial charge in [-0.3, -0.25) is 4.79 Å². The standard InChI is InChI=1S/C18H20N2OS/c1-2-14-8-9-15(22-14)12-20-18(21)10-7-13-11-19-17-6-4-3-5-16(13)17/h3-6,8-9,11,19H,2,7,10,12H2,1H3,(H,20,21). The zero-order valence-corrected chi connectivity index (χ0v) is 13.5. The number of carbonyl (C=O) groups excluding carboxylic acids is 1. The fourth-order valence-electron chi connectivity index (χ4n) is 2.57. The van der Waals surface area contributed by atoms with Crippen LogP contribution in [0.1, 0.15) is 28.7 Å². The van der Waals surface area contributed by atoms with E-state index in [0.29, 0.717) is 13.0 Å². The summed E-state index contributed by atoms with van der Waals surface area (Å²) in [6, 6.07) is 12.4. The molecule has 0 spiro atoms. The Bertz CT molecular complexity index is 772. The molecule has 114 valence electrons. The van der Waals surface area contributed by atoms with Crippen LogP contribution in [-0.4, -0.2) is 10.9 Å². The Labute approximate surface area is 134 Å². The molecule has 22 heavy (non-hydrogen) atoms. The number of aromatic nitrogens is 1. The lowest BCUT2D eigenvalue weighted by Crippen LogP contribution is -2.22. The molecule has 1 amide bonds. The maximum Gasteiger partial charge on any atom is 0.220 e. The smallest absolute Gasteiger partial charge is 0.220 e. The van der Waals surface area contributed by atoms with Crippen molar-refractivity contribution >= 4 is 28.1 Å². The largest absolute Gasteiger partial charge is 0.361 e. The second kappa shape index (κ2) is 6.79. The Hall–Kier alpha value is -2.07. The van der Waals surface area contributed by atoms with Gasteiger partial charge in [0.05, 0.1) is 6.54 Å². The van der Waals surface area contributed by atoms with Crippen molar-refractivity contribution in [3.05, 3.63) is 57.9 Å². The van der Waals surface area contributed by atoms with E-state index >= 15 is 0 Å². The first-order valence-corrected chi connectivity index (χ1v) is 8.47. The maximum absolute atomic E-state index is 12.0. The molecule has 0 fully saturated rings. The molecular weight excluding hydrogens is 292 g/mol. The zero-order chi connectivity index (χ0) is 15.4. The van der Waals surface area contributed by atoms with Crippen LogP contribution in [0.4, 0.5) is 0 Å². The van der Waals surface area contributed by atoms with Crippen molar-refractivity contribution in [1.29, 1.82) is 0 Å². The molecule has 0 saturated carbocycles. The molecule has 2 N–H and O–H groups in total. The van der Waals surface area contributed by atoms with Crippen LogP contribution in [0.5, 0.6) is 0 Å². The molecule has 2 aromatic heterocycles. The van der Waals surface area contributed by atoms with Crippen molar-refractivity contribution in [1.82, 2.24) is 10.3 Å². The highest BCUT2D eigenvalue weighted by Gasteiger charge is 2.07. The average Bonchev–Trinajstić information content (AvgIpc) is 3.17. The summed E-state index contributed by atoms with van der Waals surface area (Å²) in [5.41, 5.74) is 2.33. The van der Waals surface area contributed by atoms with Crippen molar-refractivity contribution < 1.29 is 4.79 Å². The molecule has 0 unspecified atom stereocenters. The third kappa shape index (κ3) is 3.39. The molecule has 0 aliphatic carbocycles. The van der Waals surface area contributed by atoms with Crippen LogP contribution in [0, 0.1) is 0 Å². The summed E-state index contributed by atoms with van der Waals surface area (Å²) in [4.78, 5) is 17.8. The normalized spacial score (nSPS) is 11.0. The lowest BCUT2D eigenvalue weighted by atomic mass is 10.1. The van der Waals surface area contributed by atoms with Crippen LogP contribution in [0.2, 0.25) is 0 Å². The number of amides is 1. The van der Waals surface area contributed by atoms with E-state index in [1.54, 1.807) is 11.3 Å². The van der Waals surface area contributed by atoms with E-state index in [1.807, 2.05) is 18.3 Å². The van der Waals surface area contributed by atoms with Gasteiger partial charge >= 0.3 is 0 Å². The second-order valence-corrected chi connectivity index (χ2v) is 6.61. The zero-order valence-electron chi connectivity index (χ0n) is 12.7. The highest BCUT2D eigenvalue weighted by atomic mass is 32.1. The first kappa shape index (κ1) is 14.9. The summed E-state index contributed by atoms with van der Waals surface area (Å²) in [5, 5.41) is 4.22. The molecule has 0 aliphatic heterocycles. The summed E-state index contributed by atoms with van der Waals surface area (Å²) in [7, 11) is 0. The van der Waals surface area contributed by atoms with Crippen LogP contribution >= 0.6 is 11.3 Å². The highest BCUT2D eigenvalue weighted by Crippen LogP contribution is 2.19. The van der Waals surface area contributed by atoms with E-state index in [0.717, 1.165) is 18.4 Å². The van der Waals surface area contributed by atoms with E-state index in [1.165, 1.54) is 20.7 Å². The highest BCUT2D eigenvalue weighted by molar-refractivity contribution is 7.11. The molecular formula is C18H20N2OS. The van der Waals surface area contributed by atoms with Crippen LogP contribution in [0.3, 0.4) is 0 Å². The molecule has 0 atom stereocenters. The quantitative estimate of drug-likeness (QED) is 0.709. The molecule has 0 saturated heterocycles. The number of aryl methyl sites for hydroxylation is 2. The van der Waals surface area contributed by atoms with Gasteiger partial charge in [0.2, 0.25) is 5.91 Å². The fourth-order valence-corrected chi connectivity index (χ4v) is 3.47. The molecule has 0 radical (unpaired) electrons. The van der Waals surface area contributed by atoms with E-state index in [2.05, 4.69) is 41.5 Å². The number of fused-ring (bicyclic) bond motifs is 1. The van der Waals surface area contributed by atoms with Crippen molar-refractivity contribution in [2.45, 2.75) is 32.7 Å². The molecule has 3 rings (SSSR count). The van der Waals surface area contributed by atoms with Gasteiger partial charge in [0.25, 0.3) is 0 Å². The summed E-state index contributed by atoms with van der Waals surface area (Å²) in [6.45, 7) is 2.78. The molecule has 0 bridgehead atoms. The minimum absolute atomic E-state index is 0.108. The Morgan fingerprint density at radius 3 is 2.82 bits per heavy atom. The summed E-state index contributed by atoms with van der Waals surface area (Å²) in [6.07, 6.45) is 4.35. The van der Waals surface area contributed by atoms with Gasteiger partial charge in [-0.15, -0.1) is 11.3 Å². The van der Waals surface area contributed by atoms with Gasteiger partial charge in [0.1, 0.15) is 0 Å². The van der Waals surface area contributed by atoms with Gasteiger partial charge in [-0.1, -0.05) is 25.1 Å². The van der Waals surface area contributed by atoms with Crippen molar-refractivity contribution in [2.24, 2.45) is 0 Å². The van der Waals surface area contributed by atoms with E-state index in [9.17, 15) is 4.79 Å². The van der Waals surface area contributed by atoms with Gasteiger partial charge in [-0.25, -0.2) is 0 Å². The third-order valence-corrected chi connectivity index (χ3v) is 5.05. The second-order valence-electron chi connectivity index (χ2n) is 5.36. The summed E-state index contributed by atoms with van der Waals surface area (Å²) < 4.78 is 0. The predicted molar refractivity (Wildman–Crippen MR) is 92.2 cm³/mol. The fraction of sp³-hybridized carbons (Fsp3) is 0.278. The minimum atomic E-state index is 0.108. The van der Waals surface area contributed by atoms with E-state index in [4.69, 9.17) is 0 Å². The van der Waals surface area contributed by atoms with Gasteiger partial charge in [0.15, 0.2) is 0 Å². The topological polar surface area (TPSA) is 44.9 Å². The number of aromatic amines is 1. The Morgan fingerprint density at radius 2 is 2.00 bits per heavy atom. The molecule has 1 aromatic carbocycles. The number of hydrogen-bond donors (Lipinski definition) is 2. The summed E-state index contributed by atoms with van der Waals surface area (Å²) in [5.74, 6) is 0.108. The number of para-hydroxylation sites is 1.